The molecule has 0 amide bonds. The van der Waals surface area contributed by atoms with Crippen LogP contribution in [0.4, 0.5) is 0 Å². The van der Waals surface area contributed by atoms with Crippen LogP contribution in [0.25, 0.3) is 0 Å². The molecule has 0 bridgehead atoms. The summed E-state index contributed by atoms with van der Waals surface area (Å²) in [5.41, 5.74) is 0.507. The van der Waals surface area contributed by atoms with Gasteiger partial charge in [0.05, 0.1) is 18.6 Å². The fraction of sp³-hybridized carbons (Fsp3) is 0.417. The number of ketones is 1. The average molecular weight is 270 g/mol. The number of Topliss-reactive ketones (excluding diaryl/α,β-unsaturated/α-hetero) is 1. The Bertz CT molecular complexity index is 564. The minimum Gasteiger partial charge on any atom is -0.493 e. The zero-order valence-electron chi connectivity index (χ0n) is 10.2. The minimum atomic E-state index is -2.93. The zero-order valence-corrected chi connectivity index (χ0v) is 11.0. The molecule has 0 N–H and O–H groups in total. The van der Waals surface area contributed by atoms with Crippen molar-refractivity contribution in [2.75, 3.05) is 18.6 Å². The summed E-state index contributed by atoms with van der Waals surface area (Å²) in [5, 5.41) is 0. The van der Waals surface area contributed by atoms with E-state index in [0.717, 1.165) is 0 Å². The van der Waals surface area contributed by atoms with Crippen molar-refractivity contribution >= 4 is 15.6 Å². The van der Waals surface area contributed by atoms with Crippen molar-refractivity contribution in [1.82, 2.24) is 0 Å². The van der Waals surface area contributed by atoms with E-state index in [2.05, 4.69) is 0 Å². The summed E-state index contributed by atoms with van der Waals surface area (Å²) >= 11 is 0. The summed E-state index contributed by atoms with van der Waals surface area (Å²) in [5.74, 6) is 0.846. The van der Waals surface area contributed by atoms with Gasteiger partial charge in [0.15, 0.2) is 27.1 Å². The summed E-state index contributed by atoms with van der Waals surface area (Å²) in [6, 6.07) is 4.86. The maximum absolute atomic E-state index is 11.3. The molecule has 0 aromatic heterocycles. The lowest BCUT2D eigenvalue weighted by atomic mass is 10.1. The number of ether oxygens (including phenoxy) is 2. The van der Waals surface area contributed by atoms with Crippen LogP contribution in [0, 0.1) is 0 Å². The van der Waals surface area contributed by atoms with Gasteiger partial charge >= 0.3 is 0 Å². The van der Waals surface area contributed by atoms with Crippen LogP contribution < -0.4 is 9.47 Å². The lowest BCUT2D eigenvalue weighted by Crippen LogP contribution is -2.45. The van der Waals surface area contributed by atoms with Gasteiger partial charge in [-0.3, -0.25) is 4.79 Å². The Kier molecular flexibility index (Phi) is 3.30. The van der Waals surface area contributed by atoms with Gasteiger partial charge in [-0.2, -0.15) is 0 Å². The molecule has 6 heteroatoms. The number of benzene rings is 1. The molecule has 18 heavy (non-hydrogen) atoms. The number of carbonyl (C=O) groups excluding carboxylic acids is 1. The van der Waals surface area contributed by atoms with E-state index in [-0.39, 0.29) is 23.4 Å². The Hall–Kier alpha value is -1.56. The molecule has 5 nitrogen and oxygen atoms in total. The Morgan fingerprint density at radius 3 is 2.44 bits per heavy atom. The molecular formula is C12H14O5S. The number of hydrogen-bond donors (Lipinski definition) is 0. The number of hydrogen-bond acceptors (Lipinski definition) is 5. The topological polar surface area (TPSA) is 69.7 Å². The van der Waals surface area contributed by atoms with Crippen LogP contribution in [0.1, 0.15) is 17.3 Å². The number of rotatable bonds is 4. The average Bonchev–Trinajstić information content (AvgIpc) is 2.26. The smallest absolute Gasteiger partial charge is 0.162 e. The molecule has 1 aromatic rings. The van der Waals surface area contributed by atoms with Crippen molar-refractivity contribution in [3.63, 3.8) is 0 Å². The molecule has 1 fully saturated rings. The summed E-state index contributed by atoms with van der Waals surface area (Å²) in [6.07, 6.45) is -0.355. The van der Waals surface area contributed by atoms with Gasteiger partial charge in [0.25, 0.3) is 0 Å². The molecule has 1 saturated heterocycles. The van der Waals surface area contributed by atoms with Gasteiger partial charge < -0.3 is 9.47 Å². The molecule has 0 unspecified atom stereocenters. The third kappa shape index (κ3) is 2.64. The van der Waals surface area contributed by atoms with Crippen LogP contribution in [-0.2, 0) is 9.84 Å². The maximum Gasteiger partial charge on any atom is 0.162 e. The van der Waals surface area contributed by atoms with Crippen molar-refractivity contribution in [3.05, 3.63) is 23.8 Å². The first-order valence-corrected chi connectivity index (χ1v) is 7.29. The number of sulfone groups is 1. The first-order valence-electron chi connectivity index (χ1n) is 5.47. The molecule has 1 aromatic carbocycles. The monoisotopic (exact) mass is 270 g/mol. The largest absolute Gasteiger partial charge is 0.493 e. The van der Waals surface area contributed by atoms with Crippen molar-refractivity contribution in [2.24, 2.45) is 0 Å². The SMILES string of the molecule is COc1ccc(C(C)=O)cc1OC1CS(=O)(=O)C1. The number of carbonyl (C=O) groups is 1. The summed E-state index contributed by atoms with van der Waals surface area (Å²) < 4.78 is 32.8. The number of methoxy groups -OCH3 is 1. The minimum absolute atomic E-state index is 0.0143. The van der Waals surface area contributed by atoms with E-state index in [1.54, 1.807) is 18.2 Å². The van der Waals surface area contributed by atoms with E-state index < -0.39 is 9.84 Å². The highest BCUT2D eigenvalue weighted by atomic mass is 32.2. The highest BCUT2D eigenvalue weighted by molar-refractivity contribution is 7.92. The van der Waals surface area contributed by atoms with E-state index in [4.69, 9.17) is 9.47 Å². The second-order valence-corrected chi connectivity index (χ2v) is 6.39. The van der Waals surface area contributed by atoms with Gasteiger partial charge in [-0.05, 0) is 25.1 Å². The van der Waals surface area contributed by atoms with Crippen LogP contribution in [0.3, 0.4) is 0 Å². The first kappa shape index (κ1) is 12.9. The molecule has 0 radical (unpaired) electrons. The third-order valence-corrected chi connectivity index (χ3v) is 4.50. The normalized spacial score (nSPS) is 17.9. The van der Waals surface area contributed by atoms with E-state index >= 15 is 0 Å². The highest BCUT2D eigenvalue weighted by Gasteiger charge is 2.35. The van der Waals surface area contributed by atoms with Crippen molar-refractivity contribution in [3.8, 4) is 11.5 Å². The molecule has 2 rings (SSSR count). The quantitative estimate of drug-likeness (QED) is 0.765. The Morgan fingerprint density at radius 2 is 1.94 bits per heavy atom. The van der Waals surface area contributed by atoms with Crippen LogP contribution >= 0.6 is 0 Å². The van der Waals surface area contributed by atoms with Crippen molar-refractivity contribution in [2.45, 2.75) is 13.0 Å². The molecule has 1 aliphatic heterocycles. The lowest BCUT2D eigenvalue weighted by Gasteiger charge is -2.27. The molecule has 1 heterocycles. The molecular weight excluding hydrogens is 256 g/mol. The molecule has 98 valence electrons. The van der Waals surface area contributed by atoms with E-state index in [1.807, 2.05) is 0 Å². The summed E-state index contributed by atoms with van der Waals surface area (Å²) in [6.45, 7) is 1.46. The molecule has 0 aliphatic carbocycles. The van der Waals surface area contributed by atoms with E-state index in [9.17, 15) is 13.2 Å². The predicted octanol–water partition coefficient (Wildman–Crippen LogP) is 1.07. The highest BCUT2D eigenvalue weighted by Crippen LogP contribution is 2.31. The molecule has 0 saturated carbocycles. The van der Waals surface area contributed by atoms with E-state index in [1.165, 1.54) is 14.0 Å². The van der Waals surface area contributed by atoms with Crippen molar-refractivity contribution < 1.29 is 22.7 Å². The van der Waals surface area contributed by atoms with Crippen molar-refractivity contribution in [1.29, 1.82) is 0 Å². The predicted molar refractivity (Wildman–Crippen MR) is 66.1 cm³/mol. The Labute approximate surface area is 106 Å². The second-order valence-electron chi connectivity index (χ2n) is 4.24. The Balaban J connectivity index is 2.20. The van der Waals surface area contributed by atoms with Crippen LogP contribution in [0.2, 0.25) is 0 Å². The first-order chi connectivity index (χ1) is 8.41. The van der Waals surface area contributed by atoms with Crippen LogP contribution in [0.15, 0.2) is 18.2 Å². The standard InChI is InChI=1S/C12H14O5S/c1-8(13)9-3-4-11(16-2)12(5-9)17-10-6-18(14,15)7-10/h3-5,10H,6-7H2,1-2H3. The summed E-state index contributed by atoms with van der Waals surface area (Å²) in [4.78, 5) is 11.3. The fourth-order valence-electron chi connectivity index (χ4n) is 1.75. The van der Waals surface area contributed by atoms with E-state index in [0.29, 0.717) is 17.1 Å². The molecule has 1 aliphatic rings. The second kappa shape index (κ2) is 4.61. The van der Waals surface area contributed by atoms with Gasteiger partial charge in [-0.15, -0.1) is 0 Å². The molecule has 0 atom stereocenters. The van der Waals surface area contributed by atoms with Gasteiger partial charge in [0.1, 0.15) is 6.10 Å². The third-order valence-electron chi connectivity index (χ3n) is 2.74. The molecule has 0 spiro atoms. The summed E-state index contributed by atoms with van der Waals surface area (Å²) in [7, 11) is -1.44. The van der Waals surface area contributed by atoms with Crippen LogP contribution in [0.5, 0.6) is 11.5 Å². The van der Waals surface area contributed by atoms with Gasteiger partial charge in [0, 0.05) is 5.56 Å². The Morgan fingerprint density at radius 1 is 1.28 bits per heavy atom. The maximum atomic E-state index is 11.3. The van der Waals surface area contributed by atoms with Gasteiger partial charge in [-0.1, -0.05) is 0 Å². The van der Waals surface area contributed by atoms with Gasteiger partial charge in [-0.25, -0.2) is 8.42 Å². The van der Waals surface area contributed by atoms with Crippen LogP contribution in [-0.4, -0.2) is 38.9 Å². The van der Waals surface area contributed by atoms with Gasteiger partial charge in [0.2, 0.25) is 0 Å². The zero-order chi connectivity index (χ0) is 13.3. The fourth-order valence-corrected chi connectivity index (χ4v) is 2.92. The lowest BCUT2D eigenvalue weighted by molar-refractivity contribution is 0.101.